The molecule has 0 aromatic rings. The molecule has 1 aliphatic heterocycles. The maximum atomic E-state index is 5.66. The van der Waals surface area contributed by atoms with E-state index in [0.29, 0.717) is 18.1 Å². The molecule has 0 spiro atoms. The molecule has 0 aliphatic carbocycles. The SMILES string of the molecule is CCC1OCCC1CNC(C)CCOC. The molecule has 3 heteroatoms. The molecular formula is C12H25NO2. The Morgan fingerprint density at radius 3 is 3.00 bits per heavy atom. The Kier molecular flexibility index (Phi) is 6.22. The van der Waals surface area contributed by atoms with E-state index in [-0.39, 0.29) is 0 Å². The Bertz CT molecular complexity index is 164. The first-order valence-electron chi connectivity index (χ1n) is 6.11. The lowest BCUT2D eigenvalue weighted by atomic mass is 9.99. The van der Waals surface area contributed by atoms with Crippen LogP contribution in [0.4, 0.5) is 0 Å². The van der Waals surface area contributed by atoms with E-state index < -0.39 is 0 Å². The van der Waals surface area contributed by atoms with Gasteiger partial charge in [0.1, 0.15) is 0 Å². The van der Waals surface area contributed by atoms with Crippen LogP contribution < -0.4 is 5.32 Å². The van der Waals surface area contributed by atoms with Crippen LogP contribution >= 0.6 is 0 Å². The predicted octanol–water partition coefficient (Wildman–Crippen LogP) is 1.82. The molecule has 1 N–H and O–H groups in total. The van der Waals surface area contributed by atoms with E-state index in [1.165, 1.54) is 6.42 Å². The first kappa shape index (κ1) is 12.9. The fraction of sp³-hybridized carbons (Fsp3) is 1.00. The second kappa shape index (κ2) is 7.20. The smallest absolute Gasteiger partial charge is 0.0613 e. The molecule has 0 saturated carbocycles. The molecule has 1 rings (SSSR count). The van der Waals surface area contributed by atoms with Crippen LogP contribution in [-0.2, 0) is 9.47 Å². The van der Waals surface area contributed by atoms with Crippen molar-refractivity contribution in [1.29, 1.82) is 0 Å². The maximum absolute atomic E-state index is 5.66. The second-order valence-electron chi connectivity index (χ2n) is 4.46. The van der Waals surface area contributed by atoms with Crippen LogP contribution in [-0.4, -0.2) is 39.0 Å². The van der Waals surface area contributed by atoms with Crippen molar-refractivity contribution in [2.75, 3.05) is 26.9 Å². The van der Waals surface area contributed by atoms with Crippen LogP contribution in [0.5, 0.6) is 0 Å². The summed E-state index contributed by atoms with van der Waals surface area (Å²) < 4.78 is 10.7. The van der Waals surface area contributed by atoms with Gasteiger partial charge in [0.25, 0.3) is 0 Å². The van der Waals surface area contributed by atoms with Crippen LogP contribution in [0.3, 0.4) is 0 Å². The van der Waals surface area contributed by atoms with Gasteiger partial charge in [0.2, 0.25) is 0 Å². The number of rotatable bonds is 7. The van der Waals surface area contributed by atoms with Crippen molar-refractivity contribution in [2.24, 2.45) is 5.92 Å². The molecule has 0 aromatic heterocycles. The molecule has 3 atom stereocenters. The van der Waals surface area contributed by atoms with Gasteiger partial charge in [-0.1, -0.05) is 6.92 Å². The van der Waals surface area contributed by atoms with Crippen molar-refractivity contribution in [3.05, 3.63) is 0 Å². The van der Waals surface area contributed by atoms with Gasteiger partial charge in [-0.3, -0.25) is 0 Å². The van der Waals surface area contributed by atoms with Crippen LogP contribution in [0.25, 0.3) is 0 Å². The summed E-state index contributed by atoms with van der Waals surface area (Å²) in [4.78, 5) is 0. The highest BCUT2D eigenvalue weighted by Gasteiger charge is 2.26. The van der Waals surface area contributed by atoms with Gasteiger partial charge in [-0.05, 0) is 32.1 Å². The fourth-order valence-corrected chi connectivity index (χ4v) is 2.13. The van der Waals surface area contributed by atoms with Gasteiger partial charge in [0, 0.05) is 32.9 Å². The molecule has 0 amide bonds. The van der Waals surface area contributed by atoms with Gasteiger partial charge in [0.15, 0.2) is 0 Å². The predicted molar refractivity (Wildman–Crippen MR) is 62.1 cm³/mol. The number of hydrogen-bond donors (Lipinski definition) is 1. The Balaban J connectivity index is 2.12. The number of ether oxygens (including phenoxy) is 2. The highest BCUT2D eigenvalue weighted by molar-refractivity contribution is 4.78. The zero-order valence-corrected chi connectivity index (χ0v) is 10.3. The Hall–Kier alpha value is -0.120. The summed E-state index contributed by atoms with van der Waals surface area (Å²) in [7, 11) is 1.75. The summed E-state index contributed by atoms with van der Waals surface area (Å²) in [6, 6.07) is 0.544. The highest BCUT2D eigenvalue weighted by Crippen LogP contribution is 2.22. The molecule has 1 aliphatic rings. The van der Waals surface area contributed by atoms with Gasteiger partial charge >= 0.3 is 0 Å². The number of methoxy groups -OCH3 is 1. The highest BCUT2D eigenvalue weighted by atomic mass is 16.5. The van der Waals surface area contributed by atoms with E-state index in [0.717, 1.165) is 32.6 Å². The van der Waals surface area contributed by atoms with Gasteiger partial charge in [-0.15, -0.1) is 0 Å². The maximum Gasteiger partial charge on any atom is 0.0613 e. The lowest BCUT2D eigenvalue weighted by Gasteiger charge is -2.20. The van der Waals surface area contributed by atoms with Crippen LogP contribution in [0.1, 0.15) is 33.1 Å². The van der Waals surface area contributed by atoms with E-state index in [1.807, 2.05) is 0 Å². The molecule has 3 nitrogen and oxygen atoms in total. The molecule has 15 heavy (non-hydrogen) atoms. The van der Waals surface area contributed by atoms with Gasteiger partial charge < -0.3 is 14.8 Å². The normalized spacial score (nSPS) is 28.2. The summed E-state index contributed by atoms with van der Waals surface area (Å²) in [6.45, 7) is 7.29. The van der Waals surface area contributed by atoms with E-state index in [4.69, 9.17) is 9.47 Å². The average molecular weight is 215 g/mol. The van der Waals surface area contributed by atoms with Gasteiger partial charge in [0.05, 0.1) is 6.10 Å². The summed E-state index contributed by atoms with van der Waals surface area (Å²) in [5.74, 6) is 0.708. The standard InChI is InChI=1S/C12H25NO2/c1-4-12-11(6-8-15-12)9-13-10(2)5-7-14-3/h10-13H,4-9H2,1-3H3. The first-order valence-corrected chi connectivity index (χ1v) is 6.11. The fourth-order valence-electron chi connectivity index (χ4n) is 2.13. The Morgan fingerprint density at radius 1 is 1.53 bits per heavy atom. The van der Waals surface area contributed by atoms with Crippen molar-refractivity contribution in [3.8, 4) is 0 Å². The van der Waals surface area contributed by atoms with Crippen LogP contribution in [0.2, 0.25) is 0 Å². The van der Waals surface area contributed by atoms with Crippen LogP contribution in [0, 0.1) is 5.92 Å². The molecule has 90 valence electrons. The van der Waals surface area contributed by atoms with Crippen molar-refractivity contribution >= 4 is 0 Å². The monoisotopic (exact) mass is 215 g/mol. The second-order valence-corrected chi connectivity index (χ2v) is 4.46. The summed E-state index contributed by atoms with van der Waals surface area (Å²) in [5, 5.41) is 3.56. The van der Waals surface area contributed by atoms with Crippen molar-refractivity contribution in [3.63, 3.8) is 0 Å². The zero-order chi connectivity index (χ0) is 11.1. The molecule has 3 unspecified atom stereocenters. The molecule has 1 fully saturated rings. The van der Waals surface area contributed by atoms with Crippen molar-refractivity contribution < 1.29 is 9.47 Å². The quantitative estimate of drug-likeness (QED) is 0.702. The lowest BCUT2D eigenvalue weighted by molar-refractivity contribution is 0.0863. The minimum Gasteiger partial charge on any atom is -0.385 e. The van der Waals surface area contributed by atoms with Gasteiger partial charge in [-0.25, -0.2) is 0 Å². The van der Waals surface area contributed by atoms with Gasteiger partial charge in [-0.2, -0.15) is 0 Å². The first-order chi connectivity index (χ1) is 7.27. The molecule has 0 radical (unpaired) electrons. The third kappa shape index (κ3) is 4.49. The summed E-state index contributed by atoms with van der Waals surface area (Å²) in [6.07, 6.45) is 3.91. The van der Waals surface area contributed by atoms with Crippen LogP contribution in [0.15, 0.2) is 0 Å². The minimum atomic E-state index is 0.479. The van der Waals surface area contributed by atoms with Crippen molar-refractivity contribution in [1.82, 2.24) is 5.32 Å². The molecular weight excluding hydrogens is 190 g/mol. The zero-order valence-electron chi connectivity index (χ0n) is 10.3. The molecule has 1 heterocycles. The largest absolute Gasteiger partial charge is 0.385 e. The topological polar surface area (TPSA) is 30.5 Å². The molecule has 0 bridgehead atoms. The number of hydrogen-bond acceptors (Lipinski definition) is 3. The van der Waals surface area contributed by atoms with E-state index >= 15 is 0 Å². The third-order valence-corrected chi connectivity index (χ3v) is 3.23. The van der Waals surface area contributed by atoms with Crippen molar-refractivity contribution in [2.45, 2.75) is 45.3 Å². The average Bonchev–Trinajstić information content (AvgIpc) is 2.70. The minimum absolute atomic E-state index is 0.479. The molecule has 1 saturated heterocycles. The lowest BCUT2D eigenvalue weighted by Crippen LogP contribution is -2.34. The summed E-state index contributed by atoms with van der Waals surface area (Å²) in [5.41, 5.74) is 0. The van der Waals surface area contributed by atoms with E-state index in [9.17, 15) is 0 Å². The summed E-state index contributed by atoms with van der Waals surface area (Å²) >= 11 is 0. The third-order valence-electron chi connectivity index (χ3n) is 3.23. The molecule has 0 aromatic carbocycles. The van der Waals surface area contributed by atoms with E-state index in [2.05, 4.69) is 19.2 Å². The number of nitrogens with one attached hydrogen (secondary N) is 1. The Labute approximate surface area is 93.5 Å². The van der Waals surface area contributed by atoms with E-state index in [1.54, 1.807) is 7.11 Å². The Morgan fingerprint density at radius 2 is 2.33 bits per heavy atom.